The van der Waals surface area contributed by atoms with E-state index in [4.69, 9.17) is 16.7 Å². The van der Waals surface area contributed by atoms with Crippen LogP contribution in [0.2, 0.25) is 5.02 Å². The van der Waals surface area contributed by atoms with Crippen LogP contribution in [-0.2, 0) is 21.0 Å². The molecule has 1 aliphatic rings. The Kier molecular flexibility index (Phi) is 7.54. The van der Waals surface area contributed by atoms with Crippen molar-refractivity contribution < 1.29 is 12.6 Å². The van der Waals surface area contributed by atoms with Gasteiger partial charge >= 0.3 is 0 Å². The first-order chi connectivity index (χ1) is 16.7. The maximum Gasteiger partial charge on any atom is 0.229 e. The molecule has 2 atom stereocenters. The lowest BCUT2D eigenvalue weighted by Crippen LogP contribution is -2.38. The average Bonchev–Trinajstić information content (AvgIpc) is 3.28. The number of anilines is 1. The third-order valence-electron chi connectivity index (χ3n) is 5.27. The summed E-state index contributed by atoms with van der Waals surface area (Å²) in [5, 5.41) is 7.08. The quantitative estimate of drug-likeness (QED) is 0.374. The molecule has 0 saturated heterocycles. The zero-order valence-electron chi connectivity index (χ0n) is 19.1. The topological polar surface area (TPSA) is 103 Å². The van der Waals surface area contributed by atoms with Gasteiger partial charge in [-0.25, -0.2) is 17.6 Å². The molecule has 1 aliphatic heterocycles. The molecular weight excluding hydrogens is 506 g/mol. The van der Waals surface area contributed by atoms with Gasteiger partial charge in [-0.15, -0.1) is 0 Å². The lowest BCUT2D eigenvalue weighted by atomic mass is 9.90. The summed E-state index contributed by atoms with van der Waals surface area (Å²) in [6.45, 7) is 0.486. The number of halogens is 1. The molecule has 11 heteroatoms. The van der Waals surface area contributed by atoms with E-state index in [1.807, 2.05) is 42.5 Å². The molecule has 8 nitrogen and oxygen atoms in total. The first-order valence-corrected chi connectivity index (χ1v) is 14.1. The number of hydrogen-bond acceptors (Lipinski definition) is 5. The van der Waals surface area contributed by atoms with E-state index in [-0.39, 0.29) is 5.92 Å². The number of benzene rings is 3. The maximum atomic E-state index is 12.9. The molecule has 2 N–H and O–H groups in total. The third-order valence-corrected chi connectivity index (χ3v) is 7.19. The molecule has 4 rings (SSSR count). The minimum atomic E-state index is -3.37. The van der Waals surface area contributed by atoms with Gasteiger partial charge in [0.25, 0.3) is 0 Å². The molecule has 2 unspecified atom stereocenters. The molecule has 0 spiro atoms. The normalized spacial score (nSPS) is 17.1. The van der Waals surface area contributed by atoms with Crippen molar-refractivity contribution in [3.63, 3.8) is 0 Å². The number of nitrogens with one attached hydrogen (secondary N) is 2. The van der Waals surface area contributed by atoms with Gasteiger partial charge in [0.05, 0.1) is 23.4 Å². The van der Waals surface area contributed by atoms with Crippen LogP contribution >= 0.6 is 11.6 Å². The van der Waals surface area contributed by atoms with Gasteiger partial charge in [0.15, 0.2) is 11.0 Å². The lowest BCUT2D eigenvalue weighted by Gasteiger charge is -2.19. The summed E-state index contributed by atoms with van der Waals surface area (Å²) in [6, 6.07) is 23.8. The number of aliphatic imine (C=N–C) groups is 1. The highest BCUT2D eigenvalue weighted by molar-refractivity contribution is 7.92. The first kappa shape index (κ1) is 24.9. The fourth-order valence-electron chi connectivity index (χ4n) is 3.68. The van der Waals surface area contributed by atoms with E-state index in [1.165, 1.54) is 0 Å². The van der Waals surface area contributed by atoms with Crippen LogP contribution in [0.4, 0.5) is 5.69 Å². The summed E-state index contributed by atoms with van der Waals surface area (Å²) >= 11 is 5.94. The van der Waals surface area contributed by atoms with Crippen molar-refractivity contribution in [2.24, 2.45) is 10.1 Å². The second-order valence-corrected chi connectivity index (χ2v) is 11.3. The van der Waals surface area contributed by atoms with Gasteiger partial charge < -0.3 is 0 Å². The molecule has 3 aromatic carbocycles. The molecule has 0 radical (unpaired) electrons. The zero-order chi connectivity index (χ0) is 25.0. The van der Waals surface area contributed by atoms with Crippen LogP contribution in [0.25, 0.3) is 0 Å². The summed E-state index contributed by atoms with van der Waals surface area (Å²) < 4.78 is 41.4. The Morgan fingerprint density at radius 3 is 2.31 bits per heavy atom. The summed E-state index contributed by atoms with van der Waals surface area (Å²) in [6.07, 6.45) is 1.11. The molecule has 182 valence electrons. The standard InChI is InChI=1S/C24H24ClN5O3S2/c1-26-24(28-34(31)21-14-10-19(25)11-15-21)30-16-22(17-6-4-3-5-7-17)23(27-30)18-8-12-20(13-9-18)29-35(2,32)33/h3-15,22,29H,16H2,1-2H3,(H,26,28). The van der Waals surface area contributed by atoms with Crippen LogP contribution in [-0.4, -0.2) is 49.2 Å². The van der Waals surface area contributed by atoms with Crippen molar-refractivity contribution in [3.05, 3.63) is 95.0 Å². The number of nitrogens with zero attached hydrogens (tertiary/aromatic N) is 3. The van der Waals surface area contributed by atoms with Crippen LogP contribution in [0, 0.1) is 0 Å². The van der Waals surface area contributed by atoms with Gasteiger partial charge in [0.1, 0.15) is 0 Å². The molecule has 0 fully saturated rings. The van der Waals surface area contributed by atoms with E-state index in [0.717, 1.165) is 23.1 Å². The summed E-state index contributed by atoms with van der Waals surface area (Å²) in [5.74, 6) is 0.289. The minimum absolute atomic E-state index is 0.0764. The molecule has 35 heavy (non-hydrogen) atoms. The van der Waals surface area contributed by atoms with Crippen molar-refractivity contribution in [2.75, 3.05) is 24.6 Å². The molecule has 0 amide bonds. The average molecular weight is 530 g/mol. The number of sulfonamides is 1. The van der Waals surface area contributed by atoms with Crippen LogP contribution in [0.1, 0.15) is 17.0 Å². The van der Waals surface area contributed by atoms with E-state index in [9.17, 15) is 12.6 Å². The molecule has 0 aliphatic carbocycles. The van der Waals surface area contributed by atoms with Gasteiger partial charge in [-0.05, 0) is 47.5 Å². The summed E-state index contributed by atoms with van der Waals surface area (Å²) in [5.41, 5.74) is 3.18. The second-order valence-electron chi connectivity index (χ2n) is 7.85. The van der Waals surface area contributed by atoms with Gasteiger partial charge in [0.2, 0.25) is 16.0 Å². The van der Waals surface area contributed by atoms with Gasteiger partial charge in [-0.1, -0.05) is 54.1 Å². The molecule has 0 aromatic heterocycles. The molecule has 1 heterocycles. The van der Waals surface area contributed by atoms with Crippen molar-refractivity contribution in [2.45, 2.75) is 10.8 Å². The Morgan fingerprint density at radius 2 is 1.71 bits per heavy atom. The third kappa shape index (κ3) is 6.27. The van der Waals surface area contributed by atoms with Crippen molar-refractivity contribution in [1.29, 1.82) is 0 Å². The van der Waals surface area contributed by atoms with Crippen LogP contribution < -0.4 is 9.44 Å². The fraction of sp³-hybridized carbons (Fsp3) is 0.167. The number of hydrogen-bond donors (Lipinski definition) is 2. The van der Waals surface area contributed by atoms with Crippen LogP contribution in [0.15, 0.2) is 93.9 Å². The Labute approximate surface area is 212 Å². The Balaban J connectivity index is 1.62. The first-order valence-electron chi connectivity index (χ1n) is 10.6. The molecule has 3 aromatic rings. The van der Waals surface area contributed by atoms with Crippen LogP contribution in [0.3, 0.4) is 0 Å². The van der Waals surface area contributed by atoms with Crippen molar-refractivity contribution in [3.8, 4) is 0 Å². The highest BCUT2D eigenvalue weighted by Crippen LogP contribution is 2.29. The smallest absolute Gasteiger partial charge is 0.229 e. The number of rotatable bonds is 6. The Hall–Kier alpha value is -3.21. The highest BCUT2D eigenvalue weighted by atomic mass is 35.5. The van der Waals surface area contributed by atoms with Gasteiger partial charge in [-0.2, -0.15) is 5.10 Å². The second kappa shape index (κ2) is 10.6. The van der Waals surface area contributed by atoms with Gasteiger partial charge in [-0.3, -0.25) is 14.4 Å². The van der Waals surface area contributed by atoms with E-state index < -0.39 is 21.0 Å². The minimum Gasteiger partial charge on any atom is -0.284 e. The predicted octanol–water partition coefficient (Wildman–Crippen LogP) is 3.81. The molecule has 0 saturated carbocycles. The van der Waals surface area contributed by atoms with E-state index >= 15 is 0 Å². The monoisotopic (exact) mass is 529 g/mol. The number of hydrazone groups is 1. The largest absolute Gasteiger partial charge is 0.284 e. The SMILES string of the molecule is CN=C(NS(=O)c1ccc(Cl)cc1)N1CC(c2ccccc2)C(c2ccc(NS(C)(=O)=O)cc2)=N1. The van der Waals surface area contributed by atoms with Crippen molar-refractivity contribution >= 4 is 50.0 Å². The zero-order valence-corrected chi connectivity index (χ0v) is 21.4. The maximum absolute atomic E-state index is 12.9. The predicted molar refractivity (Wildman–Crippen MR) is 142 cm³/mol. The Bertz CT molecular complexity index is 1380. The Morgan fingerprint density at radius 1 is 1.06 bits per heavy atom. The van der Waals surface area contributed by atoms with E-state index in [2.05, 4.69) is 14.4 Å². The summed E-state index contributed by atoms with van der Waals surface area (Å²) in [4.78, 5) is 4.85. The molecular formula is C24H24ClN5O3S2. The summed E-state index contributed by atoms with van der Waals surface area (Å²) in [7, 11) is -3.32. The lowest BCUT2D eigenvalue weighted by molar-refractivity contribution is 0.464. The number of guanidine groups is 1. The highest BCUT2D eigenvalue weighted by Gasteiger charge is 2.32. The molecule has 0 bridgehead atoms. The van der Waals surface area contributed by atoms with Crippen LogP contribution in [0.5, 0.6) is 0 Å². The van der Waals surface area contributed by atoms with E-state index in [1.54, 1.807) is 48.5 Å². The van der Waals surface area contributed by atoms with Gasteiger partial charge in [0, 0.05) is 23.7 Å². The van der Waals surface area contributed by atoms with Crippen molar-refractivity contribution in [1.82, 2.24) is 9.73 Å². The van der Waals surface area contributed by atoms with E-state index in [0.29, 0.717) is 28.1 Å². The fourth-order valence-corrected chi connectivity index (χ4v) is 5.23.